The van der Waals surface area contributed by atoms with Crippen LogP contribution in [0, 0.1) is 0 Å². The van der Waals surface area contributed by atoms with Crippen LogP contribution in [-0.4, -0.2) is 23.7 Å². The summed E-state index contributed by atoms with van der Waals surface area (Å²) in [5.41, 5.74) is 2.14. The molecule has 0 bridgehead atoms. The van der Waals surface area contributed by atoms with E-state index in [0.717, 1.165) is 18.4 Å². The number of rotatable bonds is 7. The Labute approximate surface area is 142 Å². The second kappa shape index (κ2) is 7.05. The molecule has 1 aliphatic carbocycles. The monoisotopic (exact) mass is 325 g/mol. The molecule has 2 aromatic carbocycles. The molecule has 1 amide bonds. The van der Waals surface area contributed by atoms with E-state index in [-0.39, 0.29) is 17.9 Å². The van der Waals surface area contributed by atoms with Crippen molar-refractivity contribution >= 4 is 5.91 Å². The molecule has 1 unspecified atom stereocenters. The van der Waals surface area contributed by atoms with Gasteiger partial charge in [-0.1, -0.05) is 42.5 Å². The van der Waals surface area contributed by atoms with Crippen molar-refractivity contribution in [1.82, 2.24) is 5.32 Å². The lowest BCUT2D eigenvalue weighted by Crippen LogP contribution is -2.40. The zero-order valence-corrected chi connectivity index (χ0v) is 13.9. The van der Waals surface area contributed by atoms with Gasteiger partial charge in [-0.2, -0.15) is 0 Å². The lowest BCUT2D eigenvalue weighted by molar-refractivity contribution is -0.127. The Morgan fingerprint density at radius 1 is 1.21 bits per heavy atom. The Morgan fingerprint density at radius 3 is 2.62 bits per heavy atom. The molecule has 2 N–H and O–H groups in total. The molecular weight excluding hydrogens is 302 g/mol. The predicted octanol–water partition coefficient (Wildman–Crippen LogP) is 2.79. The van der Waals surface area contributed by atoms with Gasteiger partial charge in [-0.15, -0.1) is 0 Å². The largest absolute Gasteiger partial charge is 0.481 e. The highest BCUT2D eigenvalue weighted by Gasteiger charge is 2.44. The maximum Gasteiger partial charge on any atom is 0.260 e. The van der Waals surface area contributed by atoms with Crippen LogP contribution in [0.25, 0.3) is 0 Å². The summed E-state index contributed by atoms with van der Waals surface area (Å²) in [6.45, 7) is 2.33. The number of ether oxygens (including phenoxy) is 1. The number of nitrogens with one attached hydrogen (secondary N) is 1. The van der Waals surface area contributed by atoms with Crippen molar-refractivity contribution in [3.63, 3.8) is 0 Å². The zero-order valence-electron chi connectivity index (χ0n) is 13.9. The molecule has 1 saturated carbocycles. The van der Waals surface area contributed by atoms with E-state index in [4.69, 9.17) is 9.84 Å². The molecule has 4 heteroatoms. The maximum absolute atomic E-state index is 12.3. The molecule has 4 nitrogen and oxygen atoms in total. The van der Waals surface area contributed by atoms with Crippen LogP contribution in [0.5, 0.6) is 5.75 Å². The lowest BCUT2D eigenvalue weighted by Gasteiger charge is -2.19. The summed E-state index contributed by atoms with van der Waals surface area (Å²) in [4.78, 5) is 12.3. The van der Waals surface area contributed by atoms with Crippen molar-refractivity contribution < 1.29 is 14.6 Å². The first-order valence-electron chi connectivity index (χ1n) is 8.33. The molecule has 0 saturated heterocycles. The number of benzene rings is 2. The quantitative estimate of drug-likeness (QED) is 0.823. The number of aliphatic hydroxyl groups is 1. The van der Waals surface area contributed by atoms with Crippen molar-refractivity contribution in [2.45, 2.75) is 37.9 Å². The minimum absolute atomic E-state index is 0.0443. The summed E-state index contributed by atoms with van der Waals surface area (Å²) >= 11 is 0. The van der Waals surface area contributed by atoms with Gasteiger partial charge in [0.2, 0.25) is 0 Å². The van der Waals surface area contributed by atoms with Gasteiger partial charge >= 0.3 is 0 Å². The Balaban J connectivity index is 1.55. The van der Waals surface area contributed by atoms with E-state index in [9.17, 15) is 4.79 Å². The molecule has 1 fully saturated rings. The van der Waals surface area contributed by atoms with Crippen molar-refractivity contribution in [1.29, 1.82) is 0 Å². The van der Waals surface area contributed by atoms with Crippen molar-refractivity contribution in [2.75, 3.05) is 6.54 Å². The SMILES string of the molecule is CC(Oc1cccc(CO)c1)C(=O)NCC1(c2ccccc2)CC1. The normalized spacial score (nSPS) is 16.2. The molecule has 2 aromatic rings. The van der Waals surface area contributed by atoms with E-state index in [1.54, 1.807) is 25.1 Å². The standard InChI is InChI=1S/C20H23NO3/c1-15(24-18-9-5-6-16(12-18)13-22)19(23)21-14-20(10-11-20)17-7-3-2-4-8-17/h2-9,12,15,22H,10-11,13-14H2,1H3,(H,21,23). The summed E-state index contributed by atoms with van der Waals surface area (Å²) in [5, 5.41) is 12.2. The molecule has 0 spiro atoms. The van der Waals surface area contributed by atoms with E-state index < -0.39 is 6.10 Å². The molecular formula is C20H23NO3. The second-order valence-electron chi connectivity index (χ2n) is 6.43. The number of aliphatic hydroxyl groups excluding tert-OH is 1. The molecule has 0 heterocycles. The summed E-state index contributed by atoms with van der Waals surface area (Å²) < 4.78 is 5.69. The van der Waals surface area contributed by atoms with Crippen molar-refractivity contribution in [3.8, 4) is 5.75 Å². The van der Waals surface area contributed by atoms with Crippen LogP contribution in [0.2, 0.25) is 0 Å². The third kappa shape index (κ3) is 3.77. The Bertz CT molecular complexity index is 695. The molecule has 24 heavy (non-hydrogen) atoms. The smallest absolute Gasteiger partial charge is 0.260 e. The summed E-state index contributed by atoms with van der Waals surface area (Å²) in [5.74, 6) is 0.472. The highest BCUT2D eigenvalue weighted by molar-refractivity contribution is 5.80. The topological polar surface area (TPSA) is 58.6 Å². The number of amides is 1. The van der Waals surface area contributed by atoms with Crippen molar-refractivity contribution in [2.24, 2.45) is 0 Å². The minimum atomic E-state index is -0.578. The van der Waals surface area contributed by atoms with Gasteiger partial charge < -0.3 is 15.2 Å². The number of carbonyl (C=O) groups excluding carboxylic acids is 1. The van der Waals surface area contributed by atoms with Crippen LogP contribution in [0.4, 0.5) is 0 Å². The second-order valence-corrected chi connectivity index (χ2v) is 6.43. The first kappa shape index (κ1) is 16.5. The van der Waals surface area contributed by atoms with Gasteiger partial charge in [0.25, 0.3) is 5.91 Å². The highest BCUT2D eigenvalue weighted by Crippen LogP contribution is 2.47. The third-order valence-corrected chi connectivity index (χ3v) is 4.60. The highest BCUT2D eigenvalue weighted by atomic mass is 16.5. The fourth-order valence-corrected chi connectivity index (χ4v) is 2.88. The average Bonchev–Trinajstić information content (AvgIpc) is 3.42. The van der Waals surface area contributed by atoms with Crippen LogP contribution < -0.4 is 10.1 Å². The number of hydrogen-bond donors (Lipinski definition) is 2. The maximum atomic E-state index is 12.3. The van der Waals surface area contributed by atoms with E-state index in [2.05, 4.69) is 17.4 Å². The van der Waals surface area contributed by atoms with Gasteiger partial charge in [0.15, 0.2) is 6.10 Å². The average molecular weight is 325 g/mol. The van der Waals surface area contributed by atoms with Gasteiger partial charge in [0, 0.05) is 12.0 Å². The molecule has 0 radical (unpaired) electrons. The van der Waals surface area contributed by atoms with Gasteiger partial charge in [-0.05, 0) is 43.0 Å². The zero-order chi connectivity index (χ0) is 17.0. The van der Waals surface area contributed by atoms with E-state index in [0.29, 0.717) is 12.3 Å². The van der Waals surface area contributed by atoms with E-state index in [1.807, 2.05) is 24.3 Å². The molecule has 0 aliphatic heterocycles. The van der Waals surface area contributed by atoms with Crippen LogP contribution in [-0.2, 0) is 16.8 Å². The Hall–Kier alpha value is -2.33. The van der Waals surface area contributed by atoms with Gasteiger partial charge in [0.1, 0.15) is 5.75 Å². The number of carbonyl (C=O) groups is 1. The lowest BCUT2D eigenvalue weighted by atomic mass is 9.96. The fraction of sp³-hybridized carbons (Fsp3) is 0.350. The van der Waals surface area contributed by atoms with Crippen LogP contribution >= 0.6 is 0 Å². The molecule has 1 atom stereocenters. The van der Waals surface area contributed by atoms with Crippen LogP contribution in [0.15, 0.2) is 54.6 Å². The fourth-order valence-electron chi connectivity index (χ4n) is 2.88. The van der Waals surface area contributed by atoms with Crippen LogP contribution in [0.3, 0.4) is 0 Å². The minimum Gasteiger partial charge on any atom is -0.481 e. The first-order valence-corrected chi connectivity index (χ1v) is 8.33. The number of hydrogen-bond acceptors (Lipinski definition) is 3. The third-order valence-electron chi connectivity index (χ3n) is 4.60. The van der Waals surface area contributed by atoms with Gasteiger partial charge in [0.05, 0.1) is 6.61 Å². The molecule has 3 rings (SSSR count). The summed E-state index contributed by atoms with van der Waals surface area (Å²) in [6.07, 6.45) is 1.63. The first-order chi connectivity index (χ1) is 11.6. The van der Waals surface area contributed by atoms with Crippen LogP contribution in [0.1, 0.15) is 30.9 Å². The Kier molecular flexibility index (Phi) is 4.86. The molecule has 0 aromatic heterocycles. The van der Waals surface area contributed by atoms with E-state index >= 15 is 0 Å². The molecule has 126 valence electrons. The summed E-state index contributed by atoms with van der Waals surface area (Å²) in [7, 11) is 0. The van der Waals surface area contributed by atoms with E-state index in [1.165, 1.54) is 5.56 Å². The Morgan fingerprint density at radius 2 is 1.96 bits per heavy atom. The van der Waals surface area contributed by atoms with Gasteiger partial charge in [-0.3, -0.25) is 4.79 Å². The predicted molar refractivity (Wildman–Crippen MR) is 92.8 cm³/mol. The summed E-state index contributed by atoms with van der Waals surface area (Å²) in [6, 6.07) is 17.5. The van der Waals surface area contributed by atoms with Gasteiger partial charge in [-0.25, -0.2) is 0 Å². The molecule has 1 aliphatic rings. The van der Waals surface area contributed by atoms with Crippen molar-refractivity contribution in [3.05, 3.63) is 65.7 Å².